The predicted octanol–water partition coefficient (Wildman–Crippen LogP) is 13.6. The molecular weight excluding hydrogens is 711 g/mol. The zero-order valence-electron chi connectivity index (χ0n) is 31.2. The smallest absolute Gasteiger partial charge is 0.160 e. The van der Waals surface area contributed by atoms with Crippen molar-refractivity contribution in [1.82, 2.24) is 5.32 Å². The number of rotatable bonds is 5. The number of hydrogen-bond acceptors (Lipinski definition) is 5. The van der Waals surface area contributed by atoms with Crippen molar-refractivity contribution in [1.29, 1.82) is 0 Å². The van der Waals surface area contributed by atoms with Crippen LogP contribution in [-0.2, 0) is 0 Å². The highest BCUT2D eigenvalue weighted by Gasteiger charge is 2.26. The number of aliphatic imine (C=N–C) groups is 2. The third-order valence-electron chi connectivity index (χ3n) is 11.5. The van der Waals surface area contributed by atoms with Crippen LogP contribution < -0.4 is 5.32 Å². The minimum absolute atomic E-state index is 0.430. The first-order valence-electron chi connectivity index (χ1n) is 19.6. The summed E-state index contributed by atoms with van der Waals surface area (Å²) in [4.78, 5) is 10.7. The van der Waals surface area contributed by atoms with E-state index in [0.717, 1.165) is 82.9 Å². The fourth-order valence-electron chi connectivity index (χ4n) is 8.68. The maximum absolute atomic E-state index is 6.76. The van der Waals surface area contributed by atoms with Crippen LogP contribution in [0, 0.1) is 0 Å². The van der Waals surface area contributed by atoms with E-state index in [2.05, 4.69) is 163 Å². The second kappa shape index (κ2) is 12.9. The van der Waals surface area contributed by atoms with Crippen molar-refractivity contribution >= 4 is 77.1 Å². The first-order chi connectivity index (χ1) is 28.7. The molecule has 12 rings (SSSR count). The van der Waals surface area contributed by atoms with Crippen LogP contribution >= 0.6 is 0 Å². The minimum Gasteiger partial charge on any atom is -0.456 e. The van der Waals surface area contributed by atoms with E-state index in [1.54, 1.807) is 0 Å². The summed E-state index contributed by atoms with van der Waals surface area (Å²) in [6.45, 7) is 0. The van der Waals surface area contributed by atoms with Crippen molar-refractivity contribution in [3.05, 3.63) is 205 Å². The number of para-hydroxylation sites is 2. The van der Waals surface area contributed by atoms with Gasteiger partial charge in [0.25, 0.3) is 0 Å². The highest BCUT2D eigenvalue weighted by Crippen LogP contribution is 2.40. The third-order valence-corrected chi connectivity index (χ3v) is 11.5. The molecule has 0 radical (unpaired) electrons. The van der Waals surface area contributed by atoms with E-state index in [-0.39, 0.29) is 0 Å². The van der Waals surface area contributed by atoms with Crippen LogP contribution in [0.1, 0.15) is 22.9 Å². The molecule has 1 N–H and O–H groups in total. The van der Waals surface area contributed by atoms with Crippen molar-refractivity contribution in [2.24, 2.45) is 9.98 Å². The molecule has 0 aliphatic carbocycles. The summed E-state index contributed by atoms with van der Waals surface area (Å²) in [5.74, 6) is 1.38. The van der Waals surface area contributed by atoms with E-state index in [1.165, 1.54) is 27.3 Å². The summed E-state index contributed by atoms with van der Waals surface area (Å²) in [6.07, 6.45) is -0.430. The summed E-state index contributed by atoms with van der Waals surface area (Å²) < 4.78 is 13.1. The van der Waals surface area contributed by atoms with Crippen molar-refractivity contribution in [3.63, 3.8) is 0 Å². The molecule has 3 heterocycles. The Balaban J connectivity index is 1.02. The van der Waals surface area contributed by atoms with Gasteiger partial charge in [0, 0.05) is 43.8 Å². The molecule has 2 aromatic heterocycles. The number of nitrogens with zero attached hydrogens (tertiary/aromatic N) is 2. The highest BCUT2D eigenvalue weighted by atomic mass is 16.3. The van der Waals surface area contributed by atoms with Gasteiger partial charge in [0.1, 0.15) is 34.3 Å². The van der Waals surface area contributed by atoms with Gasteiger partial charge in [-0.25, -0.2) is 9.98 Å². The van der Waals surface area contributed by atoms with Gasteiger partial charge in [0.2, 0.25) is 0 Å². The van der Waals surface area contributed by atoms with Crippen molar-refractivity contribution < 1.29 is 8.83 Å². The quantitative estimate of drug-likeness (QED) is 0.191. The van der Waals surface area contributed by atoms with Gasteiger partial charge in [0.05, 0.1) is 0 Å². The Bertz CT molecular complexity index is 3490. The number of amidine groups is 2. The fraction of sp³-hybridized carbons (Fsp3) is 0.0189. The van der Waals surface area contributed by atoms with Gasteiger partial charge in [-0.1, -0.05) is 152 Å². The predicted molar refractivity (Wildman–Crippen MR) is 239 cm³/mol. The molecule has 0 amide bonds. The Hall–Kier alpha value is -7.76. The topological polar surface area (TPSA) is 63.0 Å². The zero-order valence-corrected chi connectivity index (χ0v) is 31.2. The number of furan rings is 2. The number of hydrogen-bond donors (Lipinski definition) is 1. The van der Waals surface area contributed by atoms with Crippen LogP contribution in [0.5, 0.6) is 0 Å². The summed E-state index contributed by atoms with van der Waals surface area (Å²) >= 11 is 0. The molecule has 1 atom stereocenters. The van der Waals surface area contributed by atoms with Crippen LogP contribution in [0.25, 0.3) is 87.7 Å². The monoisotopic (exact) mass is 743 g/mol. The van der Waals surface area contributed by atoms with Gasteiger partial charge in [-0.2, -0.15) is 0 Å². The molecule has 1 aliphatic rings. The van der Waals surface area contributed by atoms with Crippen LogP contribution in [0.15, 0.2) is 207 Å². The average molecular weight is 744 g/mol. The lowest BCUT2D eigenvalue weighted by Gasteiger charge is -2.24. The van der Waals surface area contributed by atoms with Crippen molar-refractivity contribution in [2.45, 2.75) is 6.17 Å². The standard InChI is InChI=1S/C53H33N3O2/c1-2-12-36-30-37(25-20-32(36)10-1)51-54-52(38-26-27-43-42-15-5-7-18-46(42)57-48(43)31-38)56-53(55-51)45-29-28-41(50-49(45)44-16-6-8-19-47(44)58-50)35-23-21-34(22-24-35)40-17-9-13-33-11-3-4-14-39(33)40/h1-31,52H,(H,54,55,56). The van der Waals surface area contributed by atoms with Gasteiger partial charge >= 0.3 is 0 Å². The van der Waals surface area contributed by atoms with E-state index in [1.807, 2.05) is 30.3 Å². The minimum atomic E-state index is -0.430. The van der Waals surface area contributed by atoms with E-state index in [9.17, 15) is 0 Å². The lowest BCUT2D eigenvalue weighted by Crippen LogP contribution is -2.33. The van der Waals surface area contributed by atoms with Crippen LogP contribution in [0.4, 0.5) is 0 Å². The SMILES string of the molecule is c1ccc2cc(C3=NC(c4ccc(-c5ccc(-c6cccc7ccccc67)cc5)c5oc6ccccc6c45)=NC(c4ccc5c(c4)oc4ccccc45)N3)ccc2c1. The van der Waals surface area contributed by atoms with Crippen molar-refractivity contribution in [3.8, 4) is 22.3 Å². The molecule has 9 aromatic carbocycles. The van der Waals surface area contributed by atoms with Crippen LogP contribution in [-0.4, -0.2) is 11.7 Å². The maximum Gasteiger partial charge on any atom is 0.160 e. The molecule has 5 nitrogen and oxygen atoms in total. The summed E-state index contributed by atoms with van der Waals surface area (Å²) in [5, 5.41) is 12.7. The molecule has 0 bridgehead atoms. The molecule has 1 aliphatic heterocycles. The molecule has 58 heavy (non-hydrogen) atoms. The summed E-state index contributed by atoms with van der Waals surface area (Å²) in [5.41, 5.74) is 10.7. The molecule has 272 valence electrons. The second-order valence-corrected chi connectivity index (χ2v) is 14.9. The van der Waals surface area contributed by atoms with Gasteiger partial charge in [-0.15, -0.1) is 0 Å². The molecule has 0 spiro atoms. The average Bonchev–Trinajstić information content (AvgIpc) is 3.87. The number of fused-ring (bicyclic) bond motifs is 8. The number of nitrogens with one attached hydrogen (secondary N) is 1. The van der Waals surface area contributed by atoms with E-state index in [0.29, 0.717) is 5.84 Å². The lowest BCUT2D eigenvalue weighted by molar-refractivity contribution is 0.655. The van der Waals surface area contributed by atoms with E-state index in [4.69, 9.17) is 18.8 Å². The van der Waals surface area contributed by atoms with Crippen molar-refractivity contribution in [2.75, 3.05) is 0 Å². The Labute approximate surface area is 333 Å². The third kappa shape index (κ3) is 5.25. The molecule has 5 heteroatoms. The van der Waals surface area contributed by atoms with E-state index < -0.39 is 6.17 Å². The number of benzene rings is 9. The fourth-order valence-corrected chi connectivity index (χ4v) is 8.68. The van der Waals surface area contributed by atoms with Crippen LogP contribution in [0.3, 0.4) is 0 Å². The maximum atomic E-state index is 6.76. The first-order valence-corrected chi connectivity index (χ1v) is 19.6. The molecule has 0 saturated carbocycles. The van der Waals surface area contributed by atoms with Gasteiger partial charge in [-0.05, 0) is 74.6 Å². The molecular formula is C53H33N3O2. The van der Waals surface area contributed by atoms with E-state index >= 15 is 0 Å². The van der Waals surface area contributed by atoms with Gasteiger partial charge in [-0.3, -0.25) is 0 Å². The highest BCUT2D eigenvalue weighted by molar-refractivity contribution is 6.24. The summed E-state index contributed by atoms with van der Waals surface area (Å²) in [7, 11) is 0. The molecule has 11 aromatic rings. The molecule has 0 saturated heterocycles. The Morgan fingerprint density at radius 2 is 1.05 bits per heavy atom. The largest absolute Gasteiger partial charge is 0.456 e. The first kappa shape index (κ1) is 32.5. The molecule has 0 fully saturated rings. The summed E-state index contributed by atoms with van der Waals surface area (Å²) in [6, 6.07) is 65.8. The Morgan fingerprint density at radius 1 is 0.414 bits per heavy atom. The lowest BCUT2D eigenvalue weighted by atomic mass is 9.94. The molecule has 1 unspecified atom stereocenters. The normalized spacial score (nSPS) is 14.4. The van der Waals surface area contributed by atoms with Crippen LogP contribution in [0.2, 0.25) is 0 Å². The Morgan fingerprint density at radius 3 is 1.90 bits per heavy atom. The Kier molecular flexibility index (Phi) is 7.23. The zero-order chi connectivity index (χ0) is 38.2. The second-order valence-electron chi connectivity index (χ2n) is 14.9. The van der Waals surface area contributed by atoms with Gasteiger partial charge in [0.15, 0.2) is 5.84 Å². The van der Waals surface area contributed by atoms with Gasteiger partial charge < -0.3 is 14.2 Å².